The summed E-state index contributed by atoms with van der Waals surface area (Å²) < 4.78 is 12.9. The number of hydrogen-bond donors (Lipinski definition) is 1. The van der Waals surface area contributed by atoms with Crippen LogP contribution in [0.2, 0.25) is 0 Å². The minimum absolute atomic E-state index is 0.0541. The molecule has 1 N–H and O–H groups in total. The van der Waals surface area contributed by atoms with Crippen LogP contribution < -0.4 is 20.3 Å². The Morgan fingerprint density at radius 1 is 1.38 bits per heavy atom. The summed E-state index contributed by atoms with van der Waals surface area (Å²) in [7, 11) is 0. The molecule has 0 spiro atoms. The fourth-order valence-corrected chi connectivity index (χ4v) is 3.55. The van der Waals surface area contributed by atoms with Crippen LogP contribution in [0.3, 0.4) is 0 Å². The average molecular weight is 345 g/mol. The number of nitrogens with zero attached hydrogens (tertiary/aromatic N) is 2. The number of aromatic nitrogens is 2. The van der Waals surface area contributed by atoms with Gasteiger partial charge in [0.2, 0.25) is 0 Å². The molecule has 1 aromatic carbocycles. The molecular formula is C16H15N3O4S. The van der Waals surface area contributed by atoms with Crippen molar-refractivity contribution in [3.05, 3.63) is 46.4 Å². The topological polar surface area (TPSA) is 82.4 Å². The fraction of sp³-hybridized carbons (Fsp3) is 0.312. The maximum Gasteiger partial charge on any atom is 0.267 e. The highest BCUT2D eigenvalue weighted by atomic mass is 32.2. The number of rotatable bonds is 3. The second kappa shape index (κ2) is 6.20. The van der Waals surface area contributed by atoms with Crippen LogP contribution in [0.1, 0.15) is 10.4 Å². The fourth-order valence-electron chi connectivity index (χ4n) is 2.64. The van der Waals surface area contributed by atoms with E-state index in [1.807, 2.05) is 24.3 Å². The Bertz CT molecular complexity index is 851. The summed E-state index contributed by atoms with van der Waals surface area (Å²) in [6.07, 6.45) is 1.04. The van der Waals surface area contributed by atoms with E-state index >= 15 is 0 Å². The normalized spacial score (nSPS) is 18.1. The quantitative estimate of drug-likeness (QED) is 0.833. The minimum Gasteiger partial charge on any atom is -0.486 e. The molecule has 2 aliphatic heterocycles. The van der Waals surface area contributed by atoms with Crippen molar-refractivity contribution in [3.8, 4) is 11.5 Å². The van der Waals surface area contributed by atoms with Crippen LogP contribution in [-0.2, 0) is 6.54 Å². The molecule has 1 unspecified atom stereocenters. The van der Waals surface area contributed by atoms with Gasteiger partial charge in [-0.05, 0) is 12.1 Å². The second-order valence-corrected chi connectivity index (χ2v) is 6.53. The van der Waals surface area contributed by atoms with Crippen molar-refractivity contribution in [3.63, 3.8) is 0 Å². The van der Waals surface area contributed by atoms with Gasteiger partial charge in [-0.3, -0.25) is 14.2 Å². The van der Waals surface area contributed by atoms with Gasteiger partial charge in [0.05, 0.1) is 6.54 Å². The second-order valence-electron chi connectivity index (χ2n) is 5.47. The summed E-state index contributed by atoms with van der Waals surface area (Å²) in [6, 6.07) is 7.38. The van der Waals surface area contributed by atoms with Crippen LogP contribution >= 0.6 is 11.8 Å². The zero-order chi connectivity index (χ0) is 16.5. The van der Waals surface area contributed by atoms with E-state index in [-0.39, 0.29) is 23.8 Å². The standard InChI is InChI=1S/C16H15N3O4S/c20-14(11-8-18-16-19(15(11)21)5-6-24-16)17-7-10-9-22-12-3-1-2-4-13(12)23-10/h1-4,8,10H,5-7,9H2,(H,17,20). The number of nitrogens with one attached hydrogen (secondary N) is 1. The highest BCUT2D eigenvalue weighted by Gasteiger charge is 2.23. The summed E-state index contributed by atoms with van der Waals surface area (Å²) in [4.78, 5) is 28.8. The van der Waals surface area contributed by atoms with Crippen LogP contribution in [0.25, 0.3) is 0 Å². The molecule has 124 valence electrons. The number of amides is 1. The average Bonchev–Trinajstić information content (AvgIpc) is 3.09. The lowest BCUT2D eigenvalue weighted by atomic mass is 10.2. The number of fused-ring (bicyclic) bond motifs is 2. The number of carbonyl (C=O) groups is 1. The first-order chi connectivity index (χ1) is 11.7. The molecule has 7 nitrogen and oxygen atoms in total. The summed E-state index contributed by atoms with van der Waals surface area (Å²) in [5.74, 6) is 1.71. The maximum absolute atomic E-state index is 12.3. The molecule has 0 saturated carbocycles. The molecule has 1 amide bonds. The number of thioether (sulfide) groups is 1. The molecule has 1 atom stereocenters. The van der Waals surface area contributed by atoms with Gasteiger partial charge in [0.15, 0.2) is 16.7 Å². The molecule has 4 rings (SSSR count). The Labute approximate surface area is 142 Å². The molecule has 0 bridgehead atoms. The Morgan fingerprint density at radius 3 is 3.08 bits per heavy atom. The highest BCUT2D eigenvalue weighted by molar-refractivity contribution is 7.99. The van der Waals surface area contributed by atoms with Crippen molar-refractivity contribution >= 4 is 17.7 Å². The van der Waals surface area contributed by atoms with Crippen molar-refractivity contribution in [2.45, 2.75) is 17.8 Å². The van der Waals surface area contributed by atoms with Gasteiger partial charge in [-0.25, -0.2) is 4.98 Å². The summed E-state index contributed by atoms with van der Waals surface area (Å²) in [6.45, 7) is 1.18. The van der Waals surface area contributed by atoms with Gasteiger partial charge in [0.1, 0.15) is 18.3 Å². The molecule has 2 aromatic rings. The summed E-state index contributed by atoms with van der Waals surface area (Å²) in [5, 5.41) is 3.39. The van der Waals surface area contributed by atoms with Crippen molar-refractivity contribution < 1.29 is 14.3 Å². The molecule has 24 heavy (non-hydrogen) atoms. The molecule has 0 saturated heterocycles. The van der Waals surface area contributed by atoms with Gasteiger partial charge in [-0.2, -0.15) is 0 Å². The van der Waals surface area contributed by atoms with Crippen LogP contribution in [0.4, 0.5) is 0 Å². The first kappa shape index (κ1) is 15.1. The number of hydrogen-bond acceptors (Lipinski definition) is 6. The van der Waals surface area contributed by atoms with Gasteiger partial charge in [0.25, 0.3) is 11.5 Å². The van der Waals surface area contributed by atoms with Gasteiger partial charge < -0.3 is 14.8 Å². The van der Waals surface area contributed by atoms with Gasteiger partial charge in [0, 0.05) is 18.5 Å². The van der Waals surface area contributed by atoms with Crippen LogP contribution in [0.15, 0.2) is 40.4 Å². The lowest BCUT2D eigenvalue weighted by Gasteiger charge is -2.26. The number of ether oxygens (including phenoxy) is 2. The smallest absolute Gasteiger partial charge is 0.267 e. The SMILES string of the molecule is O=C(NCC1COc2ccccc2O1)c1cnc2n(c1=O)CCS2. The Hall–Kier alpha value is -2.48. The molecular weight excluding hydrogens is 330 g/mol. The predicted molar refractivity (Wildman–Crippen MR) is 87.9 cm³/mol. The number of carbonyl (C=O) groups excluding carboxylic acids is 1. The lowest BCUT2D eigenvalue weighted by molar-refractivity contribution is 0.0787. The third-order valence-corrected chi connectivity index (χ3v) is 4.83. The maximum atomic E-state index is 12.3. The molecule has 2 aliphatic rings. The minimum atomic E-state index is -0.442. The van der Waals surface area contributed by atoms with Gasteiger partial charge >= 0.3 is 0 Å². The van der Waals surface area contributed by atoms with E-state index in [0.717, 1.165) is 5.75 Å². The molecule has 0 radical (unpaired) electrons. The number of benzene rings is 1. The van der Waals surface area contributed by atoms with Crippen LogP contribution in [0.5, 0.6) is 11.5 Å². The first-order valence-electron chi connectivity index (χ1n) is 7.61. The van der Waals surface area contributed by atoms with Crippen molar-refractivity contribution in [2.75, 3.05) is 18.9 Å². The third-order valence-electron chi connectivity index (χ3n) is 3.86. The zero-order valence-corrected chi connectivity index (χ0v) is 13.5. The van der Waals surface area contributed by atoms with Gasteiger partial charge in [-0.15, -0.1) is 0 Å². The first-order valence-corrected chi connectivity index (χ1v) is 8.60. The van der Waals surface area contributed by atoms with E-state index in [0.29, 0.717) is 29.8 Å². The van der Waals surface area contributed by atoms with Crippen molar-refractivity contribution in [2.24, 2.45) is 0 Å². The molecule has 1 aromatic heterocycles. The van der Waals surface area contributed by atoms with Crippen LogP contribution in [0, 0.1) is 0 Å². The van der Waals surface area contributed by atoms with Crippen LogP contribution in [-0.4, -0.2) is 40.5 Å². The Balaban J connectivity index is 1.42. The van der Waals surface area contributed by atoms with E-state index in [9.17, 15) is 9.59 Å². The lowest BCUT2D eigenvalue weighted by Crippen LogP contribution is -2.42. The van der Waals surface area contributed by atoms with E-state index in [4.69, 9.17) is 9.47 Å². The van der Waals surface area contributed by atoms with Gasteiger partial charge in [-0.1, -0.05) is 23.9 Å². The van der Waals surface area contributed by atoms with Crippen molar-refractivity contribution in [1.82, 2.24) is 14.9 Å². The molecule has 3 heterocycles. The molecule has 8 heteroatoms. The van der Waals surface area contributed by atoms with Crippen molar-refractivity contribution in [1.29, 1.82) is 0 Å². The number of para-hydroxylation sites is 2. The van der Waals surface area contributed by atoms with E-state index in [1.165, 1.54) is 22.5 Å². The highest BCUT2D eigenvalue weighted by Crippen LogP contribution is 2.30. The largest absolute Gasteiger partial charge is 0.486 e. The summed E-state index contributed by atoms with van der Waals surface area (Å²) >= 11 is 1.52. The molecule has 0 fully saturated rings. The zero-order valence-electron chi connectivity index (χ0n) is 12.7. The predicted octanol–water partition coefficient (Wildman–Crippen LogP) is 0.919. The third kappa shape index (κ3) is 2.73. The Morgan fingerprint density at radius 2 is 2.21 bits per heavy atom. The monoisotopic (exact) mass is 345 g/mol. The molecule has 0 aliphatic carbocycles. The van der Waals surface area contributed by atoms with E-state index in [1.54, 1.807) is 0 Å². The van der Waals surface area contributed by atoms with E-state index in [2.05, 4.69) is 10.3 Å². The summed E-state index contributed by atoms with van der Waals surface area (Å²) in [5.41, 5.74) is -0.243. The van der Waals surface area contributed by atoms with E-state index < -0.39 is 5.91 Å². The Kier molecular flexibility index (Phi) is 3.89.